The molecule has 0 radical (unpaired) electrons. The van der Waals surface area contributed by atoms with E-state index in [0.29, 0.717) is 0 Å². The number of rotatable bonds is 5. The Hall–Kier alpha value is 0.870. The van der Waals surface area contributed by atoms with Gasteiger partial charge in [-0.15, -0.1) is 17.9 Å². The van der Waals surface area contributed by atoms with Gasteiger partial charge in [-0.1, -0.05) is 27.4 Å². The predicted octanol–water partition coefficient (Wildman–Crippen LogP) is 3.71. The number of hydrogen-bond acceptors (Lipinski definition) is 1. The highest BCUT2D eigenvalue weighted by Gasteiger charge is 2.08. The Labute approximate surface area is 93.9 Å². The number of nitrogens with zero attached hydrogens (tertiary/aromatic N) is 1. The molecule has 1 nitrogen and oxygen atoms in total. The first-order valence-corrected chi connectivity index (χ1v) is 11.4. The van der Waals surface area contributed by atoms with Crippen LogP contribution in [0.1, 0.15) is 25.5 Å². The fourth-order valence-corrected chi connectivity index (χ4v) is 5.07. The SMILES string of the molecule is CCCCc1ncccc1P(P)PP. The van der Waals surface area contributed by atoms with E-state index in [-0.39, 0.29) is 7.30 Å². The second-order valence-electron chi connectivity index (χ2n) is 3.07. The first kappa shape index (κ1) is 12.9. The van der Waals surface area contributed by atoms with Gasteiger partial charge in [-0.05, 0) is 26.2 Å². The van der Waals surface area contributed by atoms with Crippen molar-refractivity contribution in [3.8, 4) is 0 Å². The minimum absolute atomic E-state index is 0.0659. The maximum atomic E-state index is 4.48. The van der Waals surface area contributed by atoms with Crippen molar-refractivity contribution < 1.29 is 0 Å². The second-order valence-corrected chi connectivity index (χ2v) is 12.2. The Morgan fingerprint density at radius 3 is 3.00 bits per heavy atom. The highest BCUT2D eigenvalue weighted by atomic mass is 32.6. The van der Waals surface area contributed by atoms with E-state index in [1.807, 2.05) is 6.20 Å². The number of pyridine rings is 1. The van der Waals surface area contributed by atoms with Crippen molar-refractivity contribution >= 4 is 38.4 Å². The van der Waals surface area contributed by atoms with Gasteiger partial charge in [0.05, 0.1) is 0 Å². The van der Waals surface area contributed by atoms with Crippen LogP contribution in [0.4, 0.5) is 0 Å². The van der Waals surface area contributed by atoms with Crippen molar-refractivity contribution in [1.29, 1.82) is 0 Å². The van der Waals surface area contributed by atoms with Gasteiger partial charge in [-0.3, -0.25) is 4.98 Å². The van der Waals surface area contributed by atoms with Crippen LogP contribution in [0.3, 0.4) is 0 Å². The lowest BCUT2D eigenvalue weighted by molar-refractivity contribution is 0.780. The molecule has 0 saturated heterocycles. The van der Waals surface area contributed by atoms with Crippen molar-refractivity contribution in [2.24, 2.45) is 0 Å². The molecule has 0 bridgehead atoms. The number of unbranched alkanes of at least 4 members (excludes halogenated alkanes) is 1. The summed E-state index contributed by atoms with van der Waals surface area (Å²) in [6, 6.07) is 4.28. The molecular weight excluding hydrogens is 246 g/mol. The average molecular weight is 263 g/mol. The van der Waals surface area contributed by atoms with Crippen LogP contribution in [0, 0.1) is 0 Å². The summed E-state index contributed by atoms with van der Waals surface area (Å²) in [6.45, 7) is 2.23. The van der Waals surface area contributed by atoms with E-state index in [1.165, 1.54) is 23.8 Å². The maximum Gasteiger partial charge on any atom is 0.0487 e. The number of aryl methyl sites for hydroxylation is 1. The van der Waals surface area contributed by atoms with E-state index in [0.717, 1.165) is 14.4 Å². The first-order valence-electron chi connectivity index (χ1n) is 4.74. The summed E-state index contributed by atoms with van der Waals surface area (Å²) in [6.07, 6.45) is 5.54. The molecule has 0 N–H and O–H groups in total. The quantitative estimate of drug-likeness (QED) is 0.738. The summed E-state index contributed by atoms with van der Waals surface area (Å²) >= 11 is 0. The zero-order valence-corrected chi connectivity index (χ0v) is 12.6. The molecular formula is C9H17NP4. The minimum atomic E-state index is -0.0659. The first-order chi connectivity index (χ1) is 6.79. The monoisotopic (exact) mass is 263 g/mol. The highest BCUT2D eigenvalue weighted by molar-refractivity contribution is 8.63. The minimum Gasteiger partial charge on any atom is -0.261 e. The summed E-state index contributed by atoms with van der Waals surface area (Å²) in [5.41, 5.74) is 1.31. The largest absolute Gasteiger partial charge is 0.261 e. The third-order valence-corrected chi connectivity index (χ3v) is 12.2. The van der Waals surface area contributed by atoms with Gasteiger partial charge in [0.25, 0.3) is 0 Å². The van der Waals surface area contributed by atoms with E-state index in [9.17, 15) is 0 Å². The Balaban J connectivity index is 2.79. The third kappa shape index (κ3) is 3.79. The smallest absolute Gasteiger partial charge is 0.0487 e. The van der Waals surface area contributed by atoms with Crippen LogP contribution in [0.25, 0.3) is 0 Å². The molecule has 0 amide bonds. The molecule has 5 heteroatoms. The van der Waals surface area contributed by atoms with Crippen LogP contribution in [-0.2, 0) is 6.42 Å². The van der Waals surface area contributed by atoms with Crippen LogP contribution in [0.15, 0.2) is 18.3 Å². The summed E-state index contributed by atoms with van der Waals surface area (Å²) in [5.74, 6) is 0. The Morgan fingerprint density at radius 1 is 1.57 bits per heavy atom. The van der Waals surface area contributed by atoms with E-state index in [1.54, 1.807) is 0 Å². The summed E-state index contributed by atoms with van der Waals surface area (Å²) in [4.78, 5) is 4.48. The molecule has 0 fully saturated rings. The normalized spacial score (nSPS) is 13.6. The average Bonchev–Trinajstić information content (AvgIpc) is 2.25. The van der Waals surface area contributed by atoms with Gasteiger partial charge in [-0.2, -0.15) is 0 Å². The van der Waals surface area contributed by atoms with Gasteiger partial charge in [0, 0.05) is 17.2 Å². The summed E-state index contributed by atoms with van der Waals surface area (Å²) in [5, 5.41) is 1.47. The Morgan fingerprint density at radius 2 is 2.36 bits per heavy atom. The molecule has 1 aromatic rings. The molecule has 1 aromatic heterocycles. The van der Waals surface area contributed by atoms with Crippen LogP contribution < -0.4 is 5.30 Å². The van der Waals surface area contributed by atoms with Crippen LogP contribution >= 0.6 is 33.1 Å². The molecule has 0 aliphatic rings. The lowest BCUT2D eigenvalue weighted by Gasteiger charge is -2.13. The van der Waals surface area contributed by atoms with Gasteiger partial charge in [0.1, 0.15) is 0 Å². The van der Waals surface area contributed by atoms with Gasteiger partial charge in [0.2, 0.25) is 0 Å². The zero-order chi connectivity index (χ0) is 10.4. The molecule has 4 unspecified atom stereocenters. The fraction of sp³-hybridized carbons (Fsp3) is 0.444. The summed E-state index contributed by atoms with van der Waals surface area (Å²) < 4.78 is 0. The maximum absolute atomic E-state index is 4.48. The van der Waals surface area contributed by atoms with Crippen LogP contribution in [0.2, 0.25) is 0 Å². The molecule has 0 aromatic carbocycles. The zero-order valence-electron chi connectivity index (χ0n) is 8.40. The van der Waals surface area contributed by atoms with Gasteiger partial charge in [-0.25, -0.2) is 0 Å². The molecule has 1 heterocycles. The van der Waals surface area contributed by atoms with Gasteiger partial charge >= 0.3 is 0 Å². The van der Waals surface area contributed by atoms with Crippen molar-refractivity contribution in [1.82, 2.24) is 4.98 Å². The predicted molar refractivity (Wildman–Crippen MR) is 77.1 cm³/mol. The van der Waals surface area contributed by atoms with Gasteiger partial charge < -0.3 is 0 Å². The van der Waals surface area contributed by atoms with Crippen LogP contribution in [0.5, 0.6) is 0 Å². The van der Waals surface area contributed by atoms with Crippen LogP contribution in [-0.4, -0.2) is 4.98 Å². The Kier molecular flexibility index (Phi) is 6.65. The molecule has 4 atom stereocenters. The molecule has 0 aliphatic heterocycles. The molecule has 14 heavy (non-hydrogen) atoms. The molecule has 0 spiro atoms. The van der Waals surface area contributed by atoms with Crippen molar-refractivity contribution in [3.05, 3.63) is 24.0 Å². The second kappa shape index (κ2) is 7.19. The molecule has 0 aliphatic carbocycles. The fourth-order valence-electron chi connectivity index (χ4n) is 1.26. The highest BCUT2D eigenvalue weighted by Crippen LogP contribution is 2.65. The molecule has 0 saturated carbocycles. The Bertz CT molecular complexity index is 279. The topological polar surface area (TPSA) is 12.9 Å². The van der Waals surface area contributed by atoms with E-state index in [2.05, 4.69) is 41.9 Å². The number of aromatic nitrogens is 1. The van der Waals surface area contributed by atoms with E-state index >= 15 is 0 Å². The molecule has 1 rings (SSSR count). The number of hydrogen-bond donors (Lipinski definition) is 0. The summed E-state index contributed by atoms with van der Waals surface area (Å²) in [7, 11) is 6.66. The molecule has 78 valence electrons. The van der Waals surface area contributed by atoms with Crippen molar-refractivity contribution in [2.75, 3.05) is 0 Å². The lowest BCUT2D eigenvalue weighted by atomic mass is 10.2. The third-order valence-electron chi connectivity index (χ3n) is 2.03. The van der Waals surface area contributed by atoms with Gasteiger partial charge in [0.15, 0.2) is 0 Å². The van der Waals surface area contributed by atoms with Crippen molar-refractivity contribution in [3.63, 3.8) is 0 Å². The lowest BCUT2D eigenvalue weighted by Crippen LogP contribution is -2.07. The van der Waals surface area contributed by atoms with E-state index < -0.39 is 0 Å². The van der Waals surface area contributed by atoms with Crippen molar-refractivity contribution in [2.45, 2.75) is 26.2 Å². The van der Waals surface area contributed by atoms with E-state index in [4.69, 9.17) is 0 Å². The standard InChI is InChI=1S/C9H17NP4/c1-2-3-5-8-9(14(12)13-11)6-4-7-10-8/h4,6-7,13H,2-3,5,11-12H2,1H3.